The fourth-order valence-corrected chi connectivity index (χ4v) is 2.06. The summed E-state index contributed by atoms with van der Waals surface area (Å²) in [5, 5.41) is 6.89. The van der Waals surface area contributed by atoms with Gasteiger partial charge in [-0.15, -0.1) is 0 Å². The van der Waals surface area contributed by atoms with Gasteiger partial charge < -0.3 is 15.1 Å². The Morgan fingerprint density at radius 3 is 2.42 bits per heavy atom. The van der Waals surface area contributed by atoms with Gasteiger partial charge in [0, 0.05) is 7.05 Å². The minimum Gasteiger partial charge on any atom is -0.444 e. The molecule has 0 fully saturated rings. The van der Waals surface area contributed by atoms with Crippen LogP contribution in [0.2, 0.25) is 10.0 Å². The molecule has 0 aliphatic heterocycles. The molecule has 102 valence electrons. The van der Waals surface area contributed by atoms with Crippen molar-refractivity contribution in [2.24, 2.45) is 0 Å². The van der Waals surface area contributed by atoms with Gasteiger partial charge in [0.15, 0.2) is 0 Å². The molecule has 19 heavy (non-hydrogen) atoms. The largest absolute Gasteiger partial charge is 0.444 e. The minimum absolute atomic E-state index is 0.409. The number of hydrogen-bond acceptors (Lipinski definition) is 5. The molecule has 2 N–H and O–H groups in total. The van der Waals surface area contributed by atoms with Crippen molar-refractivity contribution in [2.45, 2.75) is 20.4 Å². The van der Waals surface area contributed by atoms with E-state index in [9.17, 15) is 0 Å². The number of oxazole rings is 1. The summed E-state index contributed by atoms with van der Waals surface area (Å²) in [5.74, 6) is 2.49. The summed E-state index contributed by atoms with van der Waals surface area (Å²) in [7, 11) is 1.74. The number of nitrogens with zero attached hydrogens (tertiary/aromatic N) is 2. The third-order valence-corrected chi connectivity index (χ3v) is 3.22. The number of aromatic nitrogens is 2. The first-order valence-corrected chi connectivity index (χ1v) is 6.47. The summed E-state index contributed by atoms with van der Waals surface area (Å²) in [6.07, 6.45) is 0. The van der Waals surface area contributed by atoms with E-state index in [-0.39, 0.29) is 0 Å². The van der Waals surface area contributed by atoms with Crippen LogP contribution in [0.5, 0.6) is 0 Å². The van der Waals surface area contributed by atoms with Crippen LogP contribution in [0.4, 0.5) is 11.6 Å². The van der Waals surface area contributed by atoms with Gasteiger partial charge in [0.05, 0.1) is 22.3 Å². The Balaban J connectivity index is 2.15. The Kier molecular flexibility index (Phi) is 4.17. The molecule has 0 radical (unpaired) electrons. The zero-order valence-corrected chi connectivity index (χ0v) is 12.4. The lowest BCUT2D eigenvalue weighted by Crippen LogP contribution is -2.04. The second-order valence-corrected chi connectivity index (χ2v) is 4.82. The third kappa shape index (κ3) is 3.11. The molecule has 2 heterocycles. The lowest BCUT2D eigenvalue weighted by atomic mass is 10.4. The lowest BCUT2D eigenvalue weighted by Gasteiger charge is -2.09. The van der Waals surface area contributed by atoms with Crippen LogP contribution in [0.3, 0.4) is 0 Å². The van der Waals surface area contributed by atoms with Crippen LogP contribution in [0.15, 0.2) is 10.5 Å². The third-order valence-electron chi connectivity index (χ3n) is 2.65. The van der Waals surface area contributed by atoms with Gasteiger partial charge in [-0.2, -0.15) is 0 Å². The van der Waals surface area contributed by atoms with Gasteiger partial charge in [-0.05, 0) is 19.9 Å². The topological polar surface area (TPSA) is 63.0 Å². The van der Waals surface area contributed by atoms with Gasteiger partial charge in [0.25, 0.3) is 0 Å². The van der Waals surface area contributed by atoms with E-state index in [1.54, 1.807) is 13.1 Å². The molecule has 0 unspecified atom stereocenters. The maximum absolute atomic E-state index is 6.07. The number of rotatable bonds is 4. The average Bonchev–Trinajstić information content (AvgIpc) is 2.68. The Bertz CT molecular complexity index is 578. The summed E-state index contributed by atoms with van der Waals surface area (Å²) >= 11 is 12.0. The molecule has 2 rings (SSSR count). The molecule has 0 aliphatic carbocycles. The predicted molar refractivity (Wildman–Crippen MR) is 77.1 cm³/mol. The van der Waals surface area contributed by atoms with Crippen LogP contribution in [-0.4, -0.2) is 17.0 Å². The van der Waals surface area contributed by atoms with E-state index >= 15 is 0 Å². The maximum Gasteiger partial charge on any atom is 0.213 e. The molecule has 0 atom stereocenters. The van der Waals surface area contributed by atoms with Crippen molar-refractivity contribution in [3.05, 3.63) is 33.5 Å². The predicted octanol–water partition coefficient (Wildman–Crippen LogP) is 3.65. The highest BCUT2D eigenvalue weighted by molar-refractivity contribution is 6.37. The zero-order valence-electron chi connectivity index (χ0n) is 10.8. The molecule has 0 saturated carbocycles. The highest BCUT2D eigenvalue weighted by Gasteiger charge is 2.10. The Morgan fingerprint density at radius 1 is 1.16 bits per heavy atom. The first kappa shape index (κ1) is 14.0. The molecule has 0 spiro atoms. The molecular formula is C12H14Cl2N4O. The summed E-state index contributed by atoms with van der Waals surface area (Å²) in [6.45, 7) is 4.18. The molecule has 2 aromatic rings. The second-order valence-electron chi connectivity index (χ2n) is 4.00. The number of nitrogens with one attached hydrogen (secondary N) is 2. The Hall–Kier alpha value is -1.46. The van der Waals surface area contributed by atoms with Crippen LogP contribution in [0, 0.1) is 13.8 Å². The van der Waals surface area contributed by atoms with E-state index in [1.165, 1.54) is 0 Å². The van der Waals surface area contributed by atoms with Crippen molar-refractivity contribution in [3.63, 3.8) is 0 Å². The standard InChI is InChI=1S/C12H14Cl2N4O/c1-6-7(2)19-10(17-6)5-16-12-9(14)4-8(13)11(15-3)18-12/h4H,5H2,1-3H3,(H2,15,16,18). The summed E-state index contributed by atoms with van der Waals surface area (Å²) < 4.78 is 5.47. The van der Waals surface area contributed by atoms with Crippen LogP contribution in [0.25, 0.3) is 0 Å². The molecule has 0 aliphatic rings. The van der Waals surface area contributed by atoms with Gasteiger partial charge in [-0.1, -0.05) is 23.2 Å². The lowest BCUT2D eigenvalue weighted by molar-refractivity contribution is 0.478. The van der Waals surface area contributed by atoms with Crippen LogP contribution in [0.1, 0.15) is 17.3 Å². The molecule has 0 saturated heterocycles. The van der Waals surface area contributed by atoms with Crippen molar-refractivity contribution in [1.82, 2.24) is 9.97 Å². The van der Waals surface area contributed by atoms with Gasteiger partial charge in [0.1, 0.15) is 17.4 Å². The fourth-order valence-electron chi connectivity index (χ4n) is 1.54. The molecule has 0 aromatic carbocycles. The van der Waals surface area contributed by atoms with E-state index in [2.05, 4.69) is 20.6 Å². The Labute approximate surface area is 121 Å². The first-order valence-electron chi connectivity index (χ1n) is 5.72. The highest BCUT2D eigenvalue weighted by atomic mass is 35.5. The molecule has 0 bridgehead atoms. The molecule has 0 amide bonds. The normalized spacial score (nSPS) is 10.6. The van der Waals surface area contributed by atoms with Crippen molar-refractivity contribution in [3.8, 4) is 0 Å². The quantitative estimate of drug-likeness (QED) is 0.902. The monoisotopic (exact) mass is 300 g/mol. The van der Waals surface area contributed by atoms with E-state index < -0.39 is 0 Å². The molecule has 2 aromatic heterocycles. The van der Waals surface area contributed by atoms with Gasteiger partial charge in [-0.3, -0.25) is 0 Å². The average molecular weight is 301 g/mol. The maximum atomic E-state index is 6.07. The first-order chi connectivity index (χ1) is 9.01. The zero-order chi connectivity index (χ0) is 14.0. The van der Waals surface area contributed by atoms with Crippen molar-refractivity contribution >= 4 is 34.8 Å². The molecule has 5 nitrogen and oxygen atoms in total. The number of hydrogen-bond donors (Lipinski definition) is 2. The fraction of sp³-hybridized carbons (Fsp3) is 0.333. The number of anilines is 2. The number of halogens is 2. The minimum atomic E-state index is 0.409. The van der Waals surface area contributed by atoms with E-state index in [0.717, 1.165) is 11.5 Å². The molecular weight excluding hydrogens is 287 g/mol. The molecule has 7 heteroatoms. The van der Waals surface area contributed by atoms with Crippen LogP contribution in [-0.2, 0) is 6.54 Å². The van der Waals surface area contributed by atoms with Crippen LogP contribution >= 0.6 is 23.2 Å². The van der Waals surface area contributed by atoms with Crippen molar-refractivity contribution in [1.29, 1.82) is 0 Å². The SMILES string of the molecule is CNc1nc(NCc2nc(C)c(C)o2)c(Cl)cc1Cl. The number of pyridine rings is 1. The van der Waals surface area contributed by atoms with E-state index in [0.29, 0.717) is 34.1 Å². The smallest absolute Gasteiger partial charge is 0.213 e. The van der Waals surface area contributed by atoms with Crippen molar-refractivity contribution in [2.75, 3.05) is 17.7 Å². The Morgan fingerprint density at radius 2 is 1.84 bits per heavy atom. The van der Waals surface area contributed by atoms with E-state index in [1.807, 2.05) is 13.8 Å². The van der Waals surface area contributed by atoms with Gasteiger partial charge >= 0.3 is 0 Å². The summed E-state index contributed by atoms with van der Waals surface area (Å²) in [4.78, 5) is 8.55. The second kappa shape index (κ2) is 5.67. The van der Waals surface area contributed by atoms with Crippen LogP contribution < -0.4 is 10.6 Å². The number of aryl methyl sites for hydroxylation is 2. The van der Waals surface area contributed by atoms with Gasteiger partial charge in [-0.25, -0.2) is 9.97 Å². The summed E-state index contributed by atoms with van der Waals surface area (Å²) in [5.41, 5.74) is 0.878. The van der Waals surface area contributed by atoms with Gasteiger partial charge in [0.2, 0.25) is 5.89 Å². The van der Waals surface area contributed by atoms with Crippen molar-refractivity contribution < 1.29 is 4.42 Å². The highest BCUT2D eigenvalue weighted by Crippen LogP contribution is 2.29. The van der Waals surface area contributed by atoms with E-state index in [4.69, 9.17) is 27.6 Å². The summed E-state index contributed by atoms with van der Waals surface area (Å²) in [6, 6.07) is 1.64.